The first-order valence-corrected chi connectivity index (χ1v) is 10.5. The minimum absolute atomic E-state index is 0.311. The largest absolute Gasteiger partial charge is 0.496 e. The van der Waals surface area contributed by atoms with Gasteiger partial charge in [0, 0.05) is 6.54 Å². The first kappa shape index (κ1) is 19.4. The van der Waals surface area contributed by atoms with E-state index in [1.54, 1.807) is 19.2 Å². The third-order valence-corrected chi connectivity index (χ3v) is 6.60. The maximum Gasteiger partial charge on any atom is 0.240 e. The van der Waals surface area contributed by atoms with Crippen molar-refractivity contribution in [1.29, 1.82) is 0 Å². The summed E-state index contributed by atoms with van der Waals surface area (Å²) >= 11 is 0. The zero-order chi connectivity index (χ0) is 19.4. The van der Waals surface area contributed by atoms with Crippen LogP contribution in [0.5, 0.6) is 5.75 Å². The van der Waals surface area contributed by atoms with E-state index in [1.165, 1.54) is 16.3 Å². The van der Waals surface area contributed by atoms with E-state index in [0.29, 0.717) is 17.2 Å². The number of aryl methyl sites for hydroxylation is 1. The Labute approximate surface area is 161 Å². The molecule has 142 valence electrons. The Balaban J connectivity index is 1.67. The second kappa shape index (κ2) is 8.11. The SMILES string of the molecule is COc1ccc(S(=O)(=O)NCCCc2cccc3ccccc23)c(C)c1C. The van der Waals surface area contributed by atoms with Crippen LogP contribution in [0.4, 0.5) is 0 Å². The van der Waals surface area contributed by atoms with Crippen molar-refractivity contribution in [3.63, 3.8) is 0 Å². The summed E-state index contributed by atoms with van der Waals surface area (Å²) in [5, 5.41) is 2.43. The van der Waals surface area contributed by atoms with E-state index >= 15 is 0 Å². The third kappa shape index (κ3) is 4.15. The smallest absolute Gasteiger partial charge is 0.240 e. The average Bonchev–Trinajstić information content (AvgIpc) is 2.67. The van der Waals surface area contributed by atoms with Crippen LogP contribution < -0.4 is 9.46 Å². The molecule has 0 fully saturated rings. The van der Waals surface area contributed by atoms with Crippen molar-refractivity contribution in [3.8, 4) is 5.75 Å². The highest BCUT2D eigenvalue weighted by Crippen LogP contribution is 2.26. The summed E-state index contributed by atoms with van der Waals surface area (Å²) in [6, 6.07) is 17.8. The van der Waals surface area contributed by atoms with Crippen LogP contribution in [0.3, 0.4) is 0 Å². The lowest BCUT2D eigenvalue weighted by atomic mass is 10.0. The predicted octanol–water partition coefficient (Wildman–Crippen LogP) is 4.38. The van der Waals surface area contributed by atoms with Crippen molar-refractivity contribution in [2.24, 2.45) is 0 Å². The van der Waals surface area contributed by atoms with E-state index in [1.807, 2.05) is 32.0 Å². The van der Waals surface area contributed by atoms with Gasteiger partial charge in [0.2, 0.25) is 10.0 Å². The van der Waals surface area contributed by atoms with Crippen molar-refractivity contribution in [2.75, 3.05) is 13.7 Å². The third-order valence-electron chi connectivity index (χ3n) is 4.99. The minimum Gasteiger partial charge on any atom is -0.496 e. The molecule has 0 amide bonds. The van der Waals surface area contributed by atoms with Crippen LogP contribution in [-0.4, -0.2) is 22.1 Å². The Morgan fingerprint density at radius 2 is 1.67 bits per heavy atom. The van der Waals surface area contributed by atoms with E-state index in [2.05, 4.69) is 29.0 Å². The van der Waals surface area contributed by atoms with Gasteiger partial charge in [-0.15, -0.1) is 0 Å². The second-order valence-corrected chi connectivity index (χ2v) is 8.39. The summed E-state index contributed by atoms with van der Waals surface area (Å²) < 4.78 is 33.3. The number of methoxy groups -OCH3 is 1. The first-order chi connectivity index (χ1) is 12.9. The van der Waals surface area contributed by atoms with Gasteiger partial charge in [0.15, 0.2) is 0 Å². The molecule has 0 spiro atoms. The van der Waals surface area contributed by atoms with E-state index in [4.69, 9.17) is 4.74 Å². The quantitative estimate of drug-likeness (QED) is 0.616. The average molecular weight is 384 g/mol. The summed E-state index contributed by atoms with van der Waals surface area (Å²) in [4.78, 5) is 0.311. The number of nitrogens with one attached hydrogen (secondary N) is 1. The van der Waals surface area contributed by atoms with Gasteiger partial charge in [-0.1, -0.05) is 42.5 Å². The highest BCUT2D eigenvalue weighted by Gasteiger charge is 2.19. The van der Waals surface area contributed by atoms with Crippen molar-refractivity contribution in [3.05, 3.63) is 71.3 Å². The fraction of sp³-hybridized carbons (Fsp3) is 0.273. The van der Waals surface area contributed by atoms with Gasteiger partial charge in [-0.25, -0.2) is 13.1 Å². The van der Waals surface area contributed by atoms with Gasteiger partial charge in [0.05, 0.1) is 12.0 Å². The number of fused-ring (bicyclic) bond motifs is 1. The van der Waals surface area contributed by atoms with Gasteiger partial charge in [0.1, 0.15) is 5.75 Å². The Morgan fingerprint density at radius 1 is 0.926 bits per heavy atom. The number of hydrogen-bond acceptors (Lipinski definition) is 3. The molecule has 27 heavy (non-hydrogen) atoms. The van der Waals surface area contributed by atoms with Crippen molar-refractivity contribution in [2.45, 2.75) is 31.6 Å². The Bertz CT molecular complexity index is 1050. The molecule has 0 aliphatic rings. The summed E-state index contributed by atoms with van der Waals surface area (Å²) in [5.74, 6) is 0.697. The molecule has 0 saturated carbocycles. The van der Waals surface area contributed by atoms with Gasteiger partial charge in [-0.05, 0) is 66.3 Å². The zero-order valence-corrected chi connectivity index (χ0v) is 16.8. The summed E-state index contributed by atoms with van der Waals surface area (Å²) in [7, 11) is -1.96. The highest BCUT2D eigenvalue weighted by atomic mass is 32.2. The minimum atomic E-state index is -3.54. The number of hydrogen-bond donors (Lipinski definition) is 1. The lowest BCUT2D eigenvalue weighted by molar-refractivity contribution is 0.410. The van der Waals surface area contributed by atoms with Crippen molar-refractivity contribution >= 4 is 20.8 Å². The molecule has 4 nitrogen and oxygen atoms in total. The van der Waals surface area contributed by atoms with Gasteiger partial charge >= 0.3 is 0 Å². The van der Waals surface area contributed by atoms with Crippen LogP contribution in [-0.2, 0) is 16.4 Å². The van der Waals surface area contributed by atoms with Gasteiger partial charge in [-0.2, -0.15) is 0 Å². The van der Waals surface area contributed by atoms with Crippen LogP contribution in [0.15, 0.2) is 59.5 Å². The monoisotopic (exact) mass is 383 g/mol. The van der Waals surface area contributed by atoms with Crippen LogP contribution >= 0.6 is 0 Å². The number of ether oxygens (including phenoxy) is 1. The Morgan fingerprint density at radius 3 is 2.44 bits per heavy atom. The fourth-order valence-corrected chi connectivity index (χ4v) is 4.73. The molecule has 0 unspecified atom stereocenters. The molecule has 3 aromatic rings. The first-order valence-electron chi connectivity index (χ1n) is 9.04. The van der Waals surface area contributed by atoms with Crippen LogP contribution in [0.25, 0.3) is 10.8 Å². The normalized spacial score (nSPS) is 11.7. The van der Waals surface area contributed by atoms with Gasteiger partial charge < -0.3 is 4.74 Å². The molecular weight excluding hydrogens is 358 g/mol. The predicted molar refractivity (Wildman–Crippen MR) is 110 cm³/mol. The van der Waals surface area contributed by atoms with E-state index in [9.17, 15) is 8.42 Å². The Hall–Kier alpha value is -2.37. The van der Waals surface area contributed by atoms with Crippen molar-refractivity contribution in [1.82, 2.24) is 4.72 Å². The topological polar surface area (TPSA) is 55.4 Å². The zero-order valence-electron chi connectivity index (χ0n) is 16.0. The number of rotatable bonds is 7. The van der Waals surface area contributed by atoms with Gasteiger partial charge in [0.25, 0.3) is 0 Å². The van der Waals surface area contributed by atoms with Crippen LogP contribution in [0.2, 0.25) is 0 Å². The summed E-state index contributed by atoms with van der Waals surface area (Å²) in [5.41, 5.74) is 2.80. The van der Waals surface area contributed by atoms with Crippen molar-refractivity contribution < 1.29 is 13.2 Å². The fourth-order valence-electron chi connectivity index (χ4n) is 3.36. The molecule has 0 aromatic heterocycles. The molecule has 3 rings (SSSR count). The molecule has 0 heterocycles. The molecule has 0 radical (unpaired) electrons. The Kier molecular flexibility index (Phi) is 5.82. The highest BCUT2D eigenvalue weighted by molar-refractivity contribution is 7.89. The molecule has 3 aromatic carbocycles. The molecule has 0 bridgehead atoms. The maximum absolute atomic E-state index is 12.7. The molecule has 1 N–H and O–H groups in total. The van der Waals surface area contributed by atoms with Gasteiger partial charge in [-0.3, -0.25) is 0 Å². The maximum atomic E-state index is 12.7. The lowest BCUT2D eigenvalue weighted by Gasteiger charge is -2.14. The van der Waals surface area contributed by atoms with Crippen LogP contribution in [0.1, 0.15) is 23.1 Å². The number of benzene rings is 3. The molecule has 0 saturated heterocycles. The molecular formula is C22H25NO3S. The standard InChI is InChI=1S/C22H25NO3S/c1-16-17(2)22(14-13-21(16)26-3)27(24,25)23-15-7-11-19-10-6-9-18-8-4-5-12-20(18)19/h4-6,8-10,12-14,23H,7,11,15H2,1-3H3. The van der Waals surface area contributed by atoms with E-state index in [0.717, 1.165) is 24.0 Å². The molecule has 0 aliphatic heterocycles. The summed E-state index contributed by atoms with van der Waals surface area (Å²) in [6.45, 7) is 4.08. The van der Waals surface area contributed by atoms with E-state index < -0.39 is 10.0 Å². The van der Waals surface area contributed by atoms with E-state index in [-0.39, 0.29) is 0 Å². The molecule has 0 aliphatic carbocycles. The second-order valence-electron chi connectivity index (χ2n) is 6.66. The summed E-state index contributed by atoms with van der Waals surface area (Å²) in [6.07, 6.45) is 1.56. The lowest BCUT2D eigenvalue weighted by Crippen LogP contribution is -2.26. The molecule has 5 heteroatoms. The number of sulfonamides is 1. The van der Waals surface area contributed by atoms with Crippen LogP contribution in [0, 0.1) is 13.8 Å². The molecule has 0 atom stereocenters.